The largest absolute Gasteiger partial charge is 0.412 e. The van der Waals surface area contributed by atoms with Crippen LogP contribution in [-0.4, -0.2) is 18.8 Å². The average molecular weight is 233 g/mol. The second-order valence-corrected chi connectivity index (χ2v) is 4.19. The number of halogens is 3. The van der Waals surface area contributed by atoms with Crippen molar-refractivity contribution in [2.24, 2.45) is 5.92 Å². The van der Waals surface area contributed by atoms with Crippen molar-refractivity contribution in [3.63, 3.8) is 0 Å². The van der Waals surface area contributed by atoms with Crippen molar-refractivity contribution < 1.29 is 13.2 Å². The zero-order chi connectivity index (χ0) is 12.2. The Morgan fingerprint density at radius 1 is 1.50 bits per heavy atom. The van der Waals surface area contributed by atoms with E-state index in [-0.39, 0.29) is 18.4 Å². The third-order valence-corrected chi connectivity index (χ3v) is 2.83. The summed E-state index contributed by atoms with van der Waals surface area (Å²) in [5.74, 6) is -0.0619. The third kappa shape index (κ3) is 3.67. The lowest BCUT2D eigenvalue weighted by Crippen LogP contribution is -2.35. The average Bonchev–Trinajstić information content (AvgIpc) is 2.25. The van der Waals surface area contributed by atoms with Crippen LogP contribution < -0.4 is 5.32 Å². The zero-order valence-corrected chi connectivity index (χ0v) is 9.64. The van der Waals surface area contributed by atoms with Crippen molar-refractivity contribution in [1.82, 2.24) is 5.32 Å². The van der Waals surface area contributed by atoms with E-state index in [2.05, 4.69) is 5.32 Å². The molecule has 0 aliphatic heterocycles. The molecule has 0 heterocycles. The molecule has 2 atom stereocenters. The summed E-state index contributed by atoms with van der Waals surface area (Å²) < 4.78 is 37.5. The predicted molar refractivity (Wildman–Crippen MR) is 59.1 cm³/mol. The Labute approximate surface area is 94.4 Å². The summed E-state index contributed by atoms with van der Waals surface area (Å²) >= 11 is 0. The number of rotatable bonds is 4. The second-order valence-electron chi connectivity index (χ2n) is 4.19. The van der Waals surface area contributed by atoms with E-state index in [0.29, 0.717) is 0 Å². The Balaban J connectivity index is 2.56. The van der Waals surface area contributed by atoms with Gasteiger partial charge in [0, 0.05) is 11.6 Å². The van der Waals surface area contributed by atoms with Crippen molar-refractivity contribution in [2.75, 3.05) is 6.54 Å². The molecule has 0 spiro atoms. The maximum atomic E-state index is 12.5. The predicted octanol–water partition coefficient (Wildman–Crippen LogP) is 3.44. The molecule has 0 aromatic carbocycles. The maximum Gasteiger partial charge on any atom is 0.412 e. The lowest BCUT2D eigenvalue weighted by atomic mass is 9.88. The quantitative estimate of drug-likeness (QED) is 0.784. The van der Waals surface area contributed by atoms with Gasteiger partial charge in [-0.05, 0) is 32.2 Å². The molecule has 2 unspecified atom stereocenters. The Morgan fingerprint density at radius 3 is 2.75 bits per heavy atom. The number of nitrogens with one attached hydrogen (secondary N) is 1. The van der Waals surface area contributed by atoms with Gasteiger partial charge in [-0.3, -0.25) is 0 Å². The molecule has 1 nitrogen and oxygen atoms in total. The topological polar surface area (TPSA) is 12.0 Å². The van der Waals surface area contributed by atoms with Gasteiger partial charge < -0.3 is 5.32 Å². The van der Waals surface area contributed by atoms with E-state index in [4.69, 9.17) is 0 Å². The van der Waals surface area contributed by atoms with E-state index in [1.165, 1.54) is 12.2 Å². The zero-order valence-electron chi connectivity index (χ0n) is 9.64. The van der Waals surface area contributed by atoms with Crippen LogP contribution in [0.4, 0.5) is 13.2 Å². The first kappa shape index (κ1) is 13.3. The Morgan fingerprint density at radius 2 is 2.19 bits per heavy atom. The highest BCUT2D eigenvalue weighted by Crippen LogP contribution is 2.34. The second kappa shape index (κ2) is 5.53. The summed E-state index contributed by atoms with van der Waals surface area (Å²) in [4.78, 5) is 0. The number of alkyl halides is 3. The summed E-state index contributed by atoms with van der Waals surface area (Å²) in [6.07, 6.45) is 1.42. The van der Waals surface area contributed by atoms with Crippen LogP contribution in [0.5, 0.6) is 0 Å². The van der Waals surface area contributed by atoms with E-state index >= 15 is 0 Å². The van der Waals surface area contributed by atoms with Gasteiger partial charge in [0.05, 0.1) is 0 Å². The van der Waals surface area contributed by atoms with Crippen LogP contribution in [0.2, 0.25) is 0 Å². The third-order valence-electron chi connectivity index (χ3n) is 2.83. The SMILES string of the molecule is CCCNC(C)C1C=CC=C(C(F)(F)F)C1. The summed E-state index contributed by atoms with van der Waals surface area (Å²) in [6, 6.07) is 0.0854. The van der Waals surface area contributed by atoms with Gasteiger partial charge in [0.25, 0.3) is 0 Å². The maximum absolute atomic E-state index is 12.5. The minimum atomic E-state index is -4.19. The van der Waals surface area contributed by atoms with Crippen LogP contribution in [0.1, 0.15) is 26.7 Å². The highest BCUT2D eigenvalue weighted by molar-refractivity contribution is 5.24. The monoisotopic (exact) mass is 233 g/mol. The summed E-state index contributed by atoms with van der Waals surface area (Å²) in [7, 11) is 0. The Kier molecular flexibility index (Phi) is 4.59. The van der Waals surface area contributed by atoms with Crippen LogP contribution in [0.25, 0.3) is 0 Å². The number of hydrogen-bond acceptors (Lipinski definition) is 1. The van der Waals surface area contributed by atoms with Crippen LogP contribution in [0.15, 0.2) is 23.8 Å². The molecule has 0 amide bonds. The van der Waals surface area contributed by atoms with Crippen molar-refractivity contribution in [3.8, 4) is 0 Å². The fourth-order valence-electron chi connectivity index (χ4n) is 1.78. The number of allylic oxidation sites excluding steroid dienone is 3. The molecule has 1 aliphatic carbocycles. The van der Waals surface area contributed by atoms with Gasteiger partial charge in [-0.2, -0.15) is 13.2 Å². The van der Waals surface area contributed by atoms with Gasteiger partial charge in [0.15, 0.2) is 0 Å². The summed E-state index contributed by atoms with van der Waals surface area (Å²) in [6.45, 7) is 4.82. The number of hydrogen-bond donors (Lipinski definition) is 1. The lowest BCUT2D eigenvalue weighted by molar-refractivity contribution is -0.0953. The van der Waals surface area contributed by atoms with Gasteiger partial charge in [0.1, 0.15) is 0 Å². The molecule has 1 aliphatic rings. The molecule has 1 N–H and O–H groups in total. The van der Waals surface area contributed by atoms with Gasteiger partial charge in [-0.1, -0.05) is 25.2 Å². The van der Waals surface area contributed by atoms with E-state index in [1.807, 2.05) is 19.9 Å². The van der Waals surface area contributed by atoms with E-state index in [9.17, 15) is 13.2 Å². The molecule has 0 radical (unpaired) electrons. The molecule has 0 saturated carbocycles. The van der Waals surface area contributed by atoms with E-state index in [0.717, 1.165) is 13.0 Å². The minimum absolute atomic E-state index is 0.0619. The molecular weight excluding hydrogens is 215 g/mol. The molecule has 0 aromatic heterocycles. The highest BCUT2D eigenvalue weighted by atomic mass is 19.4. The van der Waals surface area contributed by atoms with Crippen molar-refractivity contribution in [1.29, 1.82) is 0 Å². The molecule has 0 saturated heterocycles. The molecule has 0 bridgehead atoms. The van der Waals surface area contributed by atoms with Gasteiger partial charge >= 0.3 is 6.18 Å². The van der Waals surface area contributed by atoms with Crippen molar-refractivity contribution >= 4 is 0 Å². The normalized spacial score (nSPS) is 23.1. The first-order valence-electron chi connectivity index (χ1n) is 5.63. The van der Waals surface area contributed by atoms with Crippen molar-refractivity contribution in [2.45, 2.75) is 38.9 Å². The van der Waals surface area contributed by atoms with E-state index < -0.39 is 11.7 Å². The summed E-state index contributed by atoms with van der Waals surface area (Å²) in [5.41, 5.74) is -0.426. The molecule has 92 valence electrons. The van der Waals surface area contributed by atoms with Crippen LogP contribution in [0.3, 0.4) is 0 Å². The Hall–Kier alpha value is -0.770. The van der Waals surface area contributed by atoms with Crippen LogP contribution >= 0.6 is 0 Å². The highest BCUT2D eigenvalue weighted by Gasteiger charge is 2.35. The van der Waals surface area contributed by atoms with Crippen molar-refractivity contribution in [3.05, 3.63) is 23.8 Å². The van der Waals surface area contributed by atoms with Gasteiger partial charge in [0.2, 0.25) is 0 Å². The Bertz CT molecular complexity index is 278. The first-order valence-corrected chi connectivity index (χ1v) is 5.63. The van der Waals surface area contributed by atoms with Gasteiger partial charge in [-0.15, -0.1) is 0 Å². The molecule has 4 heteroatoms. The molecule has 0 aromatic rings. The standard InChI is InChI=1S/C12H18F3N/c1-3-7-16-9(2)10-5-4-6-11(8-10)12(13,14)15/h4-6,9-10,16H,3,7-8H2,1-2H3. The lowest BCUT2D eigenvalue weighted by Gasteiger charge is -2.26. The van der Waals surface area contributed by atoms with E-state index in [1.54, 1.807) is 0 Å². The smallest absolute Gasteiger partial charge is 0.314 e. The van der Waals surface area contributed by atoms with Crippen LogP contribution in [-0.2, 0) is 0 Å². The van der Waals surface area contributed by atoms with Gasteiger partial charge in [-0.25, -0.2) is 0 Å². The minimum Gasteiger partial charge on any atom is -0.314 e. The molecule has 16 heavy (non-hydrogen) atoms. The fourth-order valence-corrected chi connectivity index (χ4v) is 1.78. The fraction of sp³-hybridized carbons (Fsp3) is 0.667. The summed E-state index contributed by atoms with van der Waals surface area (Å²) in [5, 5.41) is 3.23. The molecule has 0 fully saturated rings. The molecular formula is C12H18F3N. The first-order chi connectivity index (χ1) is 7.45. The van der Waals surface area contributed by atoms with Crippen LogP contribution in [0, 0.1) is 5.92 Å². The molecule has 1 rings (SSSR count).